The normalized spacial score (nSPS) is 17.1. The van der Waals surface area contributed by atoms with Crippen LogP contribution in [-0.4, -0.2) is 52.2 Å². The zero-order valence-electron chi connectivity index (χ0n) is 13.8. The van der Waals surface area contributed by atoms with E-state index in [1.54, 1.807) is 0 Å². The fourth-order valence-electron chi connectivity index (χ4n) is 1.82. The van der Waals surface area contributed by atoms with Crippen LogP contribution in [0.15, 0.2) is 0 Å². The number of unbranched alkanes of at least 4 members (excludes halogenated alkanes) is 1. The predicted octanol–water partition coefficient (Wildman–Crippen LogP) is 5.62. The van der Waals surface area contributed by atoms with Crippen LogP contribution in [0.25, 0.3) is 0 Å². The first-order valence-corrected chi connectivity index (χ1v) is 8.76. The molecule has 0 aromatic rings. The van der Waals surface area contributed by atoms with Crippen molar-refractivity contribution < 1.29 is 70.4 Å². The molecule has 0 amide bonds. The Kier molecular flexibility index (Phi) is 8.26. The van der Waals surface area contributed by atoms with Gasteiger partial charge in [0.2, 0.25) is 0 Å². The molecular formula is C11H13F13O3Si. The SMILES string of the molecule is CCCCC(F)(F)C(F)(F)C(F)(F)C(F)(F)[Si](OC)(OC(F)F)OC(F)(F)F. The van der Waals surface area contributed by atoms with E-state index < -0.39 is 57.9 Å². The molecule has 1 atom stereocenters. The van der Waals surface area contributed by atoms with Crippen LogP contribution in [0.5, 0.6) is 0 Å². The van der Waals surface area contributed by atoms with Crippen LogP contribution in [-0.2, 0) is 13.3 Å². The van der Waals surface area contributed by atoms with Gasteiger partial charge in [-0.05, 0) is 6.42 Å². The molecule has 0 aliphatic carbocycles. The number of alkyl halides is 13. The second kappa shape index (κ2) is 8.51. The fourth-order valence-corrected chi connectivity index (χ4v) is 3.67. The fraction of sp³-hybridized carbons (Fsp3) is 1.00. The van der Waals surface area contributed by atoms with Crippen molar-refractivity contribution in [3.63, 3.8) is 0 Å². The summed E-state index contributed by atoms with van der Waals surface area (Å²) in [5.74, 6) is -20.2. The zero-order chi connectivity index (χ0) is 22.8. The Morgan fingerprint density at radius 1 is 0.821 bits per heavy atom. The Labute approximate surface area is 150 Å². The van der Waals surface area contributed by atoms with E-state index in [-0.39, 0.29) is 13.5 Å². The highest BCUT2D eigenvalue weighted by molar-refractivity contribution is 6.64. The monoisotopic (exact) mass is 468 g/mol. The van der Waals surface area contributed by atoms with Crippen molar-refractivity contribution in [2.45, 2.75) is 62.5 Å². The smallest absolute Gasteiger partial charge is 0.373 e. The maximum absolute atomic E-state index is 14.1. The van der Waals surface area contributed by atoms with Crippen molar-refractivity contribution in [1.29, 1.82) is 0 Å². The summed E-state index contributed by atoms with van der Waals surface area (Å²) < 4.78 is 180. The Morgan fingerprint density at radius 2 is 1.29 bits per heavy atom. The van der Waals surface area contributed by atoms with Crippen LogP contribution in [0, 0.1) is 0 Å². The van der Waals surface area contributed by atoms with Crippen LogP contribution in [0.2, 0.25) is 0 Å². The van der Waals surface area contributed by atoms with Gasteiger partial charge in [-0.25, -0.2) is 0 Å². The average molecular weight is 468 g/mol. The summed E-state index contributed by atoms with van der Waals surface area (Å²) in [6.45, 7) is -3.55. The van der Waals surface area contributed by atoms with Gasteiger partial charge in [-0.2, -0.15) is 43.9 Å². The van der Waals surface area contributed by atoms with Crippen molar-refractivity contribution in [3.8, 4) is 0 Å². The molecule has 3 nitrogen and oxygen atoms in total. The average Bonchev–Trinajstić information content (AvgIpc) is 2.49. The third kappa shape index (κ3) is 5.02. The van der Waals surface area contributed by atoms with E-state index in [9.17, 15) is 57.1 Å². The van der Waals surface area contributed by atoms with Crippen LogP contribution < -0.4 is 0 Å². The largest absolute Gasteiger partial charge is 0.592 e. The Bertz CT molecular complexity index is 510. The van der Waals surface area contributed by atoms with Gasteiger partial charge in [0.15, 0.2) is 0 Å². The van der Waals surface area contributed by atoms with E-state index in [1.165, 1.54) is 0 Å². The lowest BCUT2D eigenvalue weighted by Crippen LogP contribution is -2.75. The minimum atomic E-state index is -7.82. The van der Waals surface area contributed by atoms with Gasteiger partial charge < -0.3 is 8.85 Å². The third-order valence-corrected chi connectivity index (χ3v) is 5.85. The first kappa shape index (κ1) is 27.2. The molecule has 0 saturated heterocycles. The Morgan fingerprint density at radius 3 is 1.61 bits per heavy atom. The molecule has 0 heterocycles. The standard InChI is InChI=1S/C11H13F13O3Si/c1-3-4-5-7(14,15)8(16,17)9(18,19)10(20,21)28(25-2,26-6(12)13)27-11(22,23)24/h6H,3-5H2,1-2H3. The predicted molar refractivity (Wildman–Crippen MR) is 66.3 cm³/mol. The summed E-state index contributed by atoms with van der Waals surface area (Å²) in [7, 11) is -8.13. The van der Waals surface area contributed by atoms with Crippen LogP contribution in [0.3, 0.4) is 0 Å². The molecule has 0 aliphatic heterocycles. The van der Waals surface area contributed by atoms with Gasteiger partial charge in [0.05, 0.1) is 0 Å². The topological polar surface area (TPSA) is 27.7 Å². The lowest BCUT2D eigenvalue weighted by molar-refractivity contribution is -0.371. The minimum Gasteiger partial charge on any atom is -0.373 e. The van der Waals surface area contributed by atoms with Crippen LogP contribution in [0.4, 0.5) is 57.1 Å². The molecule has 0 fully saturated rings. The van der Waals surface area contributed by atoms with Crippen LogP contribution in [0.1, 0.15) is 26.2 Å². The zero-order valence-corrected chi connectivity index (χ0v) is 14.8. The summed E-state index contributed by atoms with van der Waals surface area (Å²) >= 11 is 0. The van der Waals surface area contributed by atoms with E-state index >= 15 is 0 Å². The van der Waals surface area contributed by atoms with Gasteiger partial charge in [-0.3, -0.25) is 4.43 Å². The van der Waals surface area contributed by atoms with Gasteiger partial charge in [0, 0.05) is 13.5 Å². The molecule has 170 valence electrons. The quantitative estimate of drug-likeness (QED) is 0.291. The second-order valence-electron chi connectivity index (χ2n) is 5.22. The molecule has 1 unspecified atom stereocenters. The molecule has 0 bridgehead atoms. The van der Waals surface area contributed by atoms with E-state index in [4.69, 9.17) is 0 Å². The molecule has 0 spiro atoms. The van der Waals surface area contributed by atoms with Crippen molar-refractivity contribution in [3.05, 3.63) is 0 Å². The molecule has 0 N–H and O–H groups in total. The lowest BCUT2D eigenvalue weighted by atomic mass is 9.99. The molecule has 0 saturated carbocycles. The maximum atomic E-state index is 14.1. The summed E-state index contributed by atoms with van der Waals surface area (Å²) in [6, 6.07) is 0. The van der Waals surface area contributed by atoms with Crippen molar-refractivity contribution in [2.24, 2.45) is 0 Å². The van der Waals surface area contributed by atoms with Crippen LogP contribution >= 0.6 is 0 Å². The summed E-state index contributed by atoms with van der Waals surface area (Å²) in [6.07, 6.45) is -9.60. The molecule has 0 radical (unpaired) electrons. The molecule has 0 aromatic heterocycles. The summed E-state index contributed by atoms with van der Waals surface area (Å²) in [5, 5.41) is 0. The van der Waals surface area contributed by atoms with Gasteiger partial charge in [-0.15, -0.1) is 13.2 Å². The molecular weight excluding hydrogens is 455 g/mol. The molecule has 0 rings (SSSR count). The van der Waals surface area contributed by atoms with E-state index in [0.717, 1.165) is 6.92 Å². The van der Waals surface area contributed by atoms with Gasteiger partial charge in [0.1, 0.15) is 0 Å². The van der Waals surface area contributed by atoms with Gasteiger partial charge >= 0.3 is 45.1 Å². The maximum Gasteiger partial charge on any atom is 0.592 e. The number of hydrogen-bond donors (Lipinski definition) is 0. The van der Waals surface area contributed by atoms with Gasteiger partial charge in [-0.1, -0.05) is 13.3 Å². The molecule has 17 heteroatoms. The van der Waals surface area contributed by atoms with E-state index in [0.29, 0.717) is 0 Å². The summed E-state index contributed by atoms with van der Waals surface area (Å²) in [5.41, 5.74) is -7.06. The van der Waals surface area contributed by atoms with Crippen molar-refractivity contribution in [1.82, 2.24) is 0 Å². The number of halogens is 13. The highest BCUT2D eigenvalue weighted by Crippen LogP contribution is 2.57. The third-order valence-electron chi connectivity index (χ3n) is 3.24. The Hall–Kier alpha value is -0.813. The highest BCUT2D eigenvalue weighted by atomic mass is 28.4. The molecule has 0 aromatic carbocycles. The summed E-state index contributed by atoms with van der Waals surface area (Å²) in [4.78, 5) is 0. The molecule has 28 heavy (non-hydrogen) atoms. The first-order chi connectivity index (χ1) is 12.2. The second-order valence-corrected chi connectivity index (χ2v) is 7.81. The first-order valence-electron chi connectivity index (χ1n) is 7.04. The van der Waals surface area contributed by atoms with Crippen molar-refractivity contribution in [2.75, 3.05) is 7.11 Å². The van der Waals surface area contributed by atoms with E-state index in [1.807, 2.05) is 0 Å². The highest BCUT2D eigenvalue weighted by Gasteiger charge is 2.89. The number of rotatable bonds is 11. The Balaban J connectivity index is 6.48. The van der Waals surface area contributed by atoms with Crippen molar-refractivity contribution >= 4 is 8.80 Å². The minimum absolute atomic E-state index is 0.268. The lowest BCUT2D eigenvalue weighted by Gasteiger charge is -2.41. The van der Waals surface area contributed by atoms with E-state index in [2.05, 4.69) is 13.3 Å². The number of hydrogen-bond acceptors (Lipinski definition) is 3. The van der Waals surface area contributed by atoms with Gasteiger partial charge in [0.25, 0.3) is 0 Å². The molecule has 0 aliphatic rings.